The van der Waals surface area contributed by atoms with E-state index in [1.54, 1.807) is 22.1 Å². The van der Waals surface area contributed by atoms with Crippen LogP contribution in [0.3, 0.4) is 0 Å². The van der Waals surface area contributed by atoms with Crippen LogP contribution in [0.15, 0.2) is 55.4 Å². The summed E-state index contributed by atoms with van der Waals surface area (Å²) in [5.74, 6) is 0.291. The van der Waals surface area contributed by atoms with E-state index in [1.807, 2.05) is 55.2 Å². The fourth-order valence-electron chi connectivity index (χ4n) is 2.83. The van der Waals surface area contributed by atoms with Crippen molar-refractivity contribution < 1.29 is 4.79 Å². The van der Waals surface area contributed by atoms with E-state index < -0.39 is 0 Å². The number of benzene rings is 1. The summed E-state index contributed by atoms with van der Waals surface area (Å²) in [7, 11) is 1.81. The van der Waals surface area contributed by atoms with Gasteiger partial charge in [-0.1, -0.05) is 19.1 Å². The van der Waals surface area contributed by atoms with Gasteiger partial charge in [-0.15, -0.1) is 0 Å². The molecule has 0 bridgehead atoms. The van der Waals surface area contributed by atoms with Crippen LogP contribution >= 0.6 is 0 Å². The van der Waals surface area contributed by atoms with E-state index in [4.69, 9.17) is 0 Å². The lowest BCUT2D eigenvalue weighted by atomic mass is 10.1. The monoisotopic (exact) mass is 367 g/mol. The van der Waals surface area contributed by atoms with E-state index in [9.17, 15) is 4.79 Å². The number of carbonyl (C=O) groups excluding carboxylic acids is 1. The number of hydrogen-bond acceptors (Lipinski definition) is 4. The van der Waals surface area contributed by atoms with Gasteiger partial charge in [0.15, 0.2) is 0 Å². The number of rotatable bonds is 7. The van der Waals surface area contributed by atoms with Crippen LogP contribution in [0.5, 0.6) is 0 Å². The van der Waals surface area contributed by atoms with E-state index in [1.165, 1.54) is 6.33 Å². The summed E-state index contributed by atoms with van der Waals surface area (Å²) < 4.78 is 3.58. The first-order chi connectivity index (χ1) is 13.0. The van der Waals surface area contributed by atoms with Crippen molar-refractivity contribution in [2.75, 3.05) is 13.6 Å². The van der Waals surface area contributed by atoms with Gasteiger partial charge in [0, 0.05) is 32.5 Å². The molecule has 2 atom stereocenters. The number of amides is 2. The van der Waals surface area contributed by atoms with Crippen LogP contribution < -0.4 is 5.32 Å². The summed E-state index contributed by atoms with van der Waals surface area (Å²) in [6, 6.07) is 9.72. The first kappa shape index (κ1) is 18.6. The van der Waals surface area contributed by atoms with Crippen molar-refractivity contribution in [2.24, 2.45) is 5.92 Å². The molecule has 2 unspecified atom stereocenters. The van der Waals surface area contributed by atoms with Crippen molar-refractivity contribution in [3.8, 4) is 5.69 Å². The van der Waals surface area contributed by atoms with Crippen LogP contribution in [0.4, 0.5) is 4.79 Å². The van der Waals surface area contributed by atoms with Gasteiger partial charge >= 0.3 is 6.03 Å². The minimum Gasteiger partial charge on any atom is -0.338 e. The highest BCUT2D eigenvalue weighted by molar-refractivity contribution is 5.74. The Labute approximate surface area is 158 Å². The highest BCUT2D eigenvalue weighted by Crippen LogP contribution is 2.20. The molecule has 3 rings (SSSR count). The van der Waals surface area contributed by atoms with Gasteiger partial charge in [-0.3, -0.25) is 4.68 Å². The van der Waals surface area contributed by atoms with Crippen molar-refractivity contribution in [1.29, 1.82) is 0 Å². The number of hydrogen-bond donors (Lipinski definition) is 1. The lowest BCUT2D eigenvalue weighted by molar-refractivity contribution is 0.192. The summed E-state index contributed by atoms with van der Waals surface area (Å²) in [6.07, 6.45) is 6.84. The van der Waals surface area contributed by atoms with E-state index in [2.05, 4.69) is 27.4 Å². The van der Waals surface area contributed by atoms with Crippen molar-refractivity contribution in [3.05, 3.63) is 60.9 Å². The van der Waals surface area contributed by atoms with Gasteiger partial charge in [-0.05, 0) is 36.6 Å². The van der Waals surface area contributed by atoms with Gasteiger partial charge in [0.1, 0.15) is 12.7 Å². The summed E-state index contributed by atoms with van der Waals surface area (Å²) >= 11 is 0. The zero-order chi connectivity index (χ0) is 19.2. The topological polar surface area (TPSA) is 80.9 Å². The van der Waals surface area contributed by atoms with Crippen molar-refractivity contribution >= 4 is 6.03 Å². The average molecular weight is 367 g/mol. The molecule has 2 aromatic heterocycles. The first-order valence-corrected chi connectivity index (χ1v) is 8.97. The molecular formula is C19H25N7O. The minimum atomic E-state index is -0.0878. The highest BCUT2D eigenvalue weighted by atomic mass is 16.2. The molecule has 0 saturated carbocycles. The summed E-state index contributed by atoms with van der Waals surface area (Å²) in [5.41, 5.74) is 1.99. The Morgan fingerprint density at radius 1 is 1.22 bits per heavy atom. The molecular weight excluding hydrogens is 342 g/mol. The Hall–Kier alpha value is -3.16. The van der Waals surface area contributed by atoms with Gasteiger partial charge in [-0.2, -0.15) is 10.2 Å². The van der Waals surface area contributed by atoms with Gasteiger partial charge in [0.25, 0.3) is 0 Å². The van der Waals surface area contributed by atoms with Gasteiger partial charge in [0.2, 0.25) is 0 Å². The number of aromatic nitrogens is 5. The Morgan fingerprint density at radius 2 is 2.00 bits per heavy atom. The molecule has 2 heterocycles. The molecule has 8 nitrogen and oxygen atoms in total. The van der Waals surface area contributed by atoms with Gasteiger partial charge < -0.3 is 10.2 Å². The largest absolute Gasteiger partial charge is 0.338 e. The fourth-order valence-corrected chi connectivity index (χ4v) is 2.83. The van der Waals surface area contributed by atoms with Crippen molar-refractivity contribution in [2.45, 2.75) is 26.4 Å². The summed E-state index contributed by atoms with van der Waals surface area (Å²) in [5, 5.41) is 11.3. The SMILES string of the molecule is CC(CNC(=O)N(C)C(C)c1ccc(-n2cncn2)cc1)Cn1cccn1. The molecule has 1 aromatic carbocycles. The van der Waals surface area contributed by atoms with Crippen LogP contribution in [0.2, 0.25) is 0 Å². The van der Waals surface area contributed by atoms with E-state index in [0.717, 1.165) is 17.8 Å². The lowest BCUT2D eigenvalue weighted by Gasteiger charge is -2.26. The molecule has 1 N–H and O–H groups in total. The maximum atomic E-state index is 12.5. The molecule has 0 aliphatic rings. The molecule has 0 aliphatic carbocycles. The number of urea groups is 1. The number of nitrogens with zero attached hydrogens (tertiary/aromatic N) is 6. The number of nitrogens with one attached hydrogen (secondary N) is 1. The maximum absolute atomic E-state index is 12.5. The minimum absolute atomic E-state index is 0.0452. The Bertz CT molecular complexity index is 828. The van der Waals surface area contributed by atoms with E-state index in [0.29, 0.717) is 12.5 Å². The van der Waals surface area contributed by atoms with Crippen LogP contribution in [0.1, 0.15) is 25.5 Å². The van der Waals surface area contributed by atoms with E-state index >= 15 is 0 Å². The molecule has 8 heteroatoms. The van der Waals surface area contributed by atoms with Gasteiger partial charge in [-0.25, -0.2) is 14.5 Å². The quantitative estimate of drug-likeness (QED) is 0.696. The van der Waals surface area contributed by atoms with Crippen LogP contribution in [0.25, 0.3) is 5.69 Å². The fraction of sp³-hybridized carbons (Fsp3) is 0.368. The second-order valence-corrected chi connectivity index (χ2v) is 6.74. The molecule has 0 saturated heterocycles. The smallest absolute Gasteiger partial charge is 0.317 e. The molecule has 142 valence electrons. The van der Waals surface area contributed by atoms with Gasteiger partial charge in [0.05, 0.1) is 11.7 Å². The predicted molar refractivity (Wildman–Crippen MR) is 102 cm³/mol. The number of carbonyl (C=O) groups is 1. The van der Waals surface area contributed by atoms with Crippen LogP contribution in [0, 0.1) is 5.92 Å². The average Bonchev–Trinajstić information content (AvgIpc) is 3.39. The van der Waals surface area contributed by atoms with Crippen LogP contribution in [-0.2, 0) is 6.54 Å². The molecule has 2 amide bonds. The predicted octanol–water partition coefficient (Wildman–Crippen LogP) is 2.50. The van der Waals surface area contributed by atoms with Crippen LogP contribution in [-0.4, -0.2) is 49.1 Å². The zero-order valence-corrected chi connectivity index (χ0v) is 15.9. The molecule has 0 radical (unpaired) electrons. The van der Waals surface area contributed by atoms with E-state index in [-0.39, 0.29) is 12.1 Å². The lowest BCUT2D eigenvalue weighted by Crippen LogP contribution is -2.41. The highest BCUT2D eigenvalue weighted by Gasteiger charge is 2.18. The summed E-state index contributed by atoms with van der Waals surface area (Å²) in [6.45, 7) is 5.47. The third-order valence-electron chi connectivity index (χ3n) is 4.62. The molecule has 0 aliphatic heterocycles. The van der Waals surface area contributed by atoms with Crippen molar-refractivity contribution in [3.63, 3.8) is 0 Å². The first-order valence-electron chi connectivity index (χ1n) is 8.97. The third-order valence-corrected chi connectivity index (χ3v) is 4.62. The molecule has 3 aromatic rings. The Morgan fingerprint density at radius 3 is 2.63 bits per heavy atom. The standard InChI is InChI=1S/C19H25N7O/c1-15(12-25-10-4-9-22-25)11-21-19(27)24(3)16(2)17-5-7-18(8-6-17)26-14-20-13-23-26/h4-10,13-16H,11-12H2,1-3H3,(H,21,27). The molecule has 0 spiro atoms. The maximum Gasteiger partial charge on any atom is 0.317 e. The zero-order valence-electron chi connectivity index (χ0n) is 15.9. The second kappa shape index (κ2) is 8.48. The normalized spacial score (nSPS) is 13.1. The third kappa shape index (κ3) is 4.72. The summed E-state index contributed by atoms with van der Waals surface area (Å²) in [4.78, 5) is 18.2. The second-order valence-electron chi connectivity index (χ2n) is 6.74. The molecule has 0 fully saturated rings. The molecule has 27 heavy (non-hydrogen) atoms. The Balaban J connectivity index is 1.52. The van der Waals surface area contributed by atoms with Crippen molar-refractivity contribution in [1.82, 2.24) is 34.8 Å². The Kier molecular flexibility index (Phi) is 5.85.